The van der Waals surface area contributed by atoms with Crippen molar-refractivity contribution in [3.63, 3.8) is 0 Å². The monoisotopic (exact) mass is 410 g/mol. The lowest BCUT2D eigenvalue weighted by molar-refractivity contribution is -0.116. The number of anilines is 2. The molecule has 0 spiro atoms. The molecule has 1 aliphatic rings. The molecule has 0 saturated carbocycles. The fourth-order valence-corrected chi connectivity index (χ4v) is 3.62. The Morgan fingerprint density at radius 1 is 1.10 bits per heavy atom. The van der Waals surface area contributed by atoms with E-state index in [-0.39, 0.29) is 5.91 Å². The van der Waals surface area contributed by atoms with Crippen LogP contribution in [0.1, 0.15) is 31.6 Å². The quantitative estimate of drug-likeness (QED) is 0.596. The summed E-state index contributed by atoms with van der Waals surface area (Å²) in [4.78, 5) is 19.1. The molecule has 0 aliphatic carbocycles. The lowest BCUT2D eigenvalue weighted by atomic mass is 10.2. The number of aromatic nitrogens is 2. The summed E-state index contributed by atoms with van der Waals surface area (Å²) in [6, 6.07) is 15.3. The molecule has 4 rings (SSSR count). The Morgan fingerprint density at radius 2 is 1.86 bits per heavy atom. The van der Waals surface area contributed by atoms with E-state index in [2.05, 4.69) is 26.4 Å². The maximum absolute atomic E-state index is 12.4. The van der Waals surface area contributed by atoms with E-state index >= 15 is 0 Å². The van der Waals surface area contributed by atoms with Gasteiger partial charge < -0.3 is 14.7 Å². The minimum Gasteiger partial charge on any atom is -0.370 e. The van der Waals surface area contributed by atoms with Crippen LogP contribution in [0.15, 0.2) is 53.1 Å². The van der Waals surface area contributed by atoms with Gasteiger partial charge in [0.05, 0.1) is 11.4 Å². The van der Waals surface area contributed by atoms with Gasteiger partial charge in [-0.25, -0.2) is 0 Å². The number of carbonyl (C=O) groups excluding carboxylic acids is 1. The SMILES string of the molecule is O=C(CCCc1nc(-c2ccc(Cl)cc2)no1)Nc1ccccc1N1CCCC1. The predicted octanol–water partition coefficient (Wildman–Crippen LogP) is 4.95. The molecule has 0 radical (unpaired) electrons. The van der Waals surface area contributed by atoms with Gasteiger partial charge >= 0.3 is 0 Å². The highest BCUT2D eigenvalue weighted by molar-refractivity contribution is 6.30. The Balaban J connectivity index is 1.29. The van der Waals surface area contributed by atoms with Crippen LogP contribution in [0, 0.1) is 0 Å². The second-order valence-electron chi connectivity index (χ2n) is 7.13. The smallest absolute Gasteiger partial charge is 0.226 e. The van der Waals surface area contributed by atoms with Crippen LogP contribution < -0.4 is 10.2 Å². The molecule has 1 fully saturated rings. The summed E-state index contributed by atoms with van der Waals surface area (Å²) in [7, 11) is 0. The minimum atomic E-state index is -0.00548. The molecule has 1 aromatic heterocycles. The lowest BCUT2D eigenvalue weighted by Gasteiger charge is -2.21. The summed E-state index contributed by atoms with van der Waals surface area (Å²) in [6.07, 6.45) is 3.99. The fourth-order valence-electron chi connectivity index (χ4n) is 3.50. The highest BCUT2D eigenvalue weighted by Gasteiger charge is 2.16. The third-order valence-corrected chi connectivity index (χ3v) is 5.24. The van der Waals surface area contributed by atoms with Gasteiger partial charge in [-0.2, -0.15) is 4.98 Å². The average molecular weight is 411 g/mol. The van der Waals surface area contributed by atoms with Gasteiger partial charge in [0, 0.05) is 36.5 Å². The van der Waals surface area contributed by atoms with Crippen molar-refractivity contribution >= 4 is 28.9 Å². The number of aryl methyl sites for hydroxylation is 1. The molecule has 0 atom stereocenters. The van der Waals surface area contributed by atoms with Crippen molar-refractivity contribution in [1.82, 2.24) is 10.1 Å². The second-order valence-corrected chi connectivity index (χ2v) is 7.57. The number of para-hydroxylation sites is 2. The molecule has 2 aromatic carbocycles. The molecular weight excluding hydrogens is 388 g/mol. The minimum absolute atomic E-state index is 0.00548. The molecule has 0 bridgehead atoms. The maximum atomic E-state index is 12.4. The van der Waals surface area contributed by atoms with Crippen molar-refractivity contribution in [1.29, 1.82) is 0 Å². The van der Waals surface area contributed by atoms with Crippen LogP contribution in [-0.2, 0) is 11.2 Å². The number of hydrogen-bond donors (Lipinski definition) is 1. The molecule has 0 unspecified atom stereocenters. The van der Waals surface area contributed by atoms with Crippen LogP contribution in [0.4, 0.5) is 11.4 Å². The van der Waals surface area contributed by atoms with E-state index in [1.807, 2.05) is 30.3 Å². The topological polar surface area (TPSA) is 71.3 Å². The first kappa shape index (κ1) is 19.5. The number of nitrogens with one attached hydrogen (secondary N) is 1. The third-order valence-electron chi connectivity index (χ3n) is 4.99. The molecule has 1 saturated heterocycles. The lowest BCUT2D eigenvalue weighted by Crippen LogP contribution is -2.21. The highest BCUT2D eigenvalue weighted by atomic mass is 35.5. The normalized spacial score (nSPS) is 13.6. The van der Waals surface area contributed by atoms with Gasteiger partial charge in [0.25, 0.3) is 0 Å². The van der Waals surface area contributed by atoms with Crippen LogP contribution in [0.5, 0.6) is 0 Å². The predicted molar refractivity (Wildman–Crippen MR) is 114 cm³/mol. The zero-order valence-electron chi connectivity index (χ0n) is 16.1. The Hall–Kier alpha value is -2.86. The second kappa shape index (κ2) is 9.09. The zero-order valence-corrected chi connectivity index (χ0v) is 16.9. The summed E-state index contributed by atoms with van der Waals surface area (Å²) in [6.45, 7) is 2.08. The largest absolute Gasteiger partial charge is 0.370 e. The number of hydrogen-bond acceptors (Lipinski definition) is 5. The Kier molecular flexibility index (Phi) is 6.10. The Labute approximate surface area is 174 Å². The summed E-state index contributed by atoms with van der Waals surface area (Å²) in [5.74, 6) is 1.05. The fraction of sp³-hybridized carbons (Fsp3) is 0.318. The van der Waals surface area contributed by atoms with E-state index in [0.29, 0.717) is 36.0 Å². The van der Waals surface area contributed by atoms with Crippen molar-refractivity contribution in [2.24, 2.45) is 0 Å². The number of halogens is 1. The molecule has 1 N–H and O–H groups in total. The summed E-state index contributed by atoms with van der Waals surface area (Å²) < 4.78 is 5.30. The first-order chi connectivity index (χ1) is 14.2. The van der Waals surface area contributed by atoms with Crippen LogP contribution >= 0.6 is 11.6 Å². The number of amides is 1. The van der Waals surface area contributed by atoms with E-state index in [1.165, 1.54) is 12.8 Å². The van der Waals surface area contributed by atoms with Crippen molar-refractivity contribution < 1.29 is 9.32 Å². The molecule has 7 heteroatoms. The number of nitrogens with zero attached hydrogens (tertiary/aromatic N) is 3. The van der Waals surface area contributed by atoms with Crippen LogP contribution in [0.25, 0.3) is 11.4 Å². The third kappa shape index (κ3) is 4.95. The van der Waals surface area contributed by atoms with Crippen molar-refractivity contribution in [2.75, 3.05) is 23.3 Å². The molecule has 29 heavy (non-hydrogen) atoms. The van der Waals surface area contributed by atoms with Crippen molar-refractivity contribution in [3.8, 4) is 11.4 Å². The van der Waals surface area contributed by atoms with Gasteiger partial charge in [-0.1, -0.05) is 28.9 Å². The number of carbonyl (C=O) groups is 1. The molecule has 3 aromatic rings. The van der Waals surface area contributed by atoms with Gasteiger partial charge in [-0.3, -0.25) is 4.79 Å². The van der Waals surface area contributed by atoms with Gasteiger partial charge in [0.2, 0.25) is 17.6 Å². The van der Waals surface area contributed by atoms with Gasteiger partial charge in [-0.15, -0.1) is 0 Å². The molecule has 1 aliphatic heterocycles. The standard InChI is InChI=1S/C22H23ClN4O2/c23-17-12-10-16(11-13-17)22-25-21(29-26-22)9-5-8-20(28)24-18-6-1-2-7-19(18)27-14-3-4-15-27/h1-2,6-7,10-13H,3-5,8-9,14-15H2,(H,24,28). The summed E-state index contributed by atoms with van der Waals surface area (Å²) >= 11 is 5.90. The maximum Gasteiger partial charge on any atom is 0.226 e. The van der Waals surface area contributed by atoms with Gasteiger partial charge in [0.1, 0.15) is 0 Å². The first-order valence-electron chi connectivity index (χ1n) is 9.91. The van der Waals surface area contributed by atoms with Gasteiger partial charge in [0.15, 0.2) is 0 Å². The molecule has 2 heterocycles. The number of rotatable bonds is 7. The van der Waals surface area contributed by atoms with Crippen molar-refractivity contribution in [2.45, 2.75) is 32.1 Å². The van der Waals surface area contributed by atoms with Crippen LogP contribution in [0.2, 0.25) is 5.02 Å². The highest BCUT2D eigenvalue weighted by Crippen LogP contribution is 2.28. The average Bonchev–Trinajstić information content (AvgIpc) is 3.41. The van der Waals surface area contributed by atoms with E-state index in [0.717, 1.165) is 30.0 Å². The van der Waals surface area contributed by atoms with E-state index in [1.54, 1.807) is 12.1 Å². The van der Waals surface area contributed by atoms with Crippen molar-refractivity contribution in [3.05, 3.63) is 59.4 Å². The Morgan fingerprint density at radius 3 is 2.66 bits per heavy atom. The molecule has 6 nitrogen and oxygen atoms in total. The molecule has 150 valence electrons. The van der Waals surface area contributed by atoms with E-state index < -0.39 is 0 Å². The number of benzene rings is 2. The summed E-state index contributed by atoms with van der Waals surface area (Å²) in [5.41, 5.74) is 2.82. The molecule has 1 amide bonds. The zero-order chi connectivity index (χ0) is 20.1. The van der Waals surface area contributed by atoms with E-state index in [4.69, 9.17) is 16.1 Å². The van der Waals surface area contributed by atoms with E-state index in [9.17, 15) is 4.79 Å². The first-order valence-corrected chi connectivity index (χ1v) is 10.3. The van der Waals surface area contributed by atoms with Crippen LogP contribution in [0.3, 0.4) is 0 Å². The Bertz CT molecular complexity index is 965. The van der Waals surface area contributed by atoms with Crippen LogP contribution in [-0.4, -0.2) is 29.1 Å². The summed E-state index contributed by atoms with van der Waals surface area (Å²) in [5, 5.41) is 7.71. The van der Waals surface area contributed by atoms with Gasteiger partial charge in [-0.05, 0) is 55.7 Å². The molecular formula is C22H23ClN4O2.